The van der Waals surface area contributed by atoms with Crippen LogP contribution in [0, 0.1) is 6.92 Å². The predicted molar refractivity (Wildman–Crippen MR) is 41.4 cm³/mol. The molecule has 1 N–H and O–H groups in total. The van der Waals surface area contributed by atoms with Crippen LogP contribution >= 0.6 is 0 Å². The number of carboxylic acid groups (broad SMARTS) is 1. The Labute approximate surface area is 65.5 Å². The van der Waals surface area contributed by atoms with Gasteiger partial charge in [0.25, 0.3) is 0 Å². The Balaban J connectivity index is 2.91. The molecule has 11 heavy (non-hydrogen) atoms. The van der Waals surface area contributed by atoms with E-state index in [4.69, 9.17) is 12.0 Å². The summed E-state index contributed by atoms with van der Waals surface area (Å²) in [6.45, 7) is 5.33. The number of hydrogen-bond donors (Lipinski definition) is 1. The molecule has 1 rings (SSSR count). The van der Waals surface area contributed by atoms with Gasteiger partial charge in [0.1, 0.15) is 0 Å². The van der Waals surface area contributed by atoms with Crippen LogP contribution in [0.15, 0.2) is 24.3 Å². The van der Waals surface area contributed by atoms with Crippen molar-refractivity contribution in [2.24, 2.45) is 0 Å². The fourth-order valence-corrected chi connectivity index (χ4v) is 0.783. The Bertz CT molecular complexity index is 249. The van der Waals surface area contributed by atoms with E-state index in [-0.39, 0.29) is 0 Å². The van der Waals surface area contributed by atoms with Gasteiger partial charge in [-0.2, -0.15) is 0 Å². The zero-order valence-corrected chi connectivity index (χ0v) is 5.95. The number of carboxylic acids is 1. The van der Waals surface area contributed by atoms with Gasteiger partial charge in [-0.15, -0.1) is 0 Å². The molecule has 0 fully saturated rings. The number of aromatic carboxylic acids is 1. The second-order valence-corrected chi connectivity index (χ2v) is 2.21. The SMILES string of the molecule is [CH]Cc1ccc(C(=O)O)cc1. The van der Waals surface area contributed by atoms with Crippen LogP contribution in [0.2, 0.25) is 0 Å². The van der Waals surface area contributed by atoms with Crippen LogP contribution in [0.3, 0.4) is 0 Å². The molecule has 0 aliphatic heterocycles. The topological polar surface area (TPSA) is 37.3 Å². The second-order valence-electron chi connectivity index (χ2n) is 2.21. The maximum atomic E-state index is 10.4. The van der Waals surface area contributed by atoms with Crippen LogP contribution in [0.4, 0.5) is 0 Å². The molecule has 1 aromatic rings. The molecule has 1 aromatic carbocycles. The first-order valence-electron chi connectivity index (χ1n) is 3.26. The van der Waals surface area contributed by atoms with E-state index in [0.717, 1.165) is 5.56 Å². The molecule has 2 radical (unpaired) electrons. The molecule has 0 amide bonds. The zero-order valence-electron chi connectivity index (χ0n) is 5.95. The average Bonchev–Trinajstić information content (AvgIpc) is 2.05. The van der Waals surface area contributed by atoms with E-state index in [1.54, 1.807) is 24.3 Å². The smallest absolute Gasteiger partial charge is 0.335 e. The van der Waals surface area contributed by atoms with Gasteiger partial charge in [-0.05, 0) is 31.0 Å². The monoisotopic (exact) mass is 148 g/mol. The third kappa shape index (κ3) is 1.80. The Morgan fingerprint density at radius 2 is 1.91 bits per heavy atom. The van der Waals surface area contributed by atoms with Crippen LogP contribution in [0.25, 0.3) is 0 Å². The summed E-state index contributed by atoms with van der Waals surface area (Å²) in [7, 11) is 0. The van der Waals surface area contributed by atoms with Gasteiger partial charge in [0, 0.05) is 0 Å². The van der Waals surface area contributed by atoms with Gasteiger partial charge in [-0.3, -0.25) is 0 Å². The van der Waals surface area contributed by atoms with Crippen molar-refractivity contribution in [1.82, 2.24) is 0 Å². The van der Waals surface area contributed by atoms with Gasteiger partial charge in [-0.1, -0.05) is 12.1 Å². The predicted octanol–water partition coefficient (Wildman–Crippen LogP) is 1.64. The first-order valence-corrected chi connectivity index (χ1v) is 3.26. The van der Waals surface area contributed by atoms with Gasteiger partial charge < -0.3 is 5.11 Å². The molecule has 0 spiro atoms. The van der Waals surface area contributed by atoms with E-state index in [1.165, 1.54) is 0 Å². The van der Waals surface area contributed by atoms with Crippen molar-refractivity contribution in [1.29, 1.82) is 0 Å². The van der Waals surface area contributed by atoms with Crippen LogP contribution < -0.4 is 0 Å². The molecule has 0 aromatic heterocycles. The number of carbonyl (C=O) groups is 1. The molecule has 0 bridgehead atoms. The molecule has 2 nitrogen and oxygen atoms in total. The standard InChI is InChI=1S/C9H8O2/c1-2-7-3-5-8(6-4-7)9(10)11/h1,3-6H,2H2,(H,10,11). The summed E-state index contributed by atoms with van der Waals surface area (Å²) in [4.78, 5) is 10.4. The van der Waals surface area contributed by atoms with E-state index < -0.39 is 5.97 Å². The van der Waals surface area contributed by atoms with E-state index in [1.807, 2.05) is 0 Å². The van der Waals surface area contributed by atoms with Crippen molar-refractivity contribution < 1.29 is 9.90 Å². The summed E-state index contributed by atoms with van der Waals surface area (Å²) in [5.41, 5.74) is 1.23. The Morgan fingerprint density at radius 3 is 2.27 bits per heavy atom. The molecule has 0 saturated carbocycles. The molecule has 0 heterocycles. The van der Waals surface area contributed by atoms with Crippen LogP contribution in [0.5, 0.6) is 0 Å². The molecule has 0 saturated heterocycles. The Kier molecular flexibility index (Phi) is 2.26. The van der Waals surface area contributed by atoms with Crippen molar-refractivity contribution >= 4 is 5.97 Å². The Hall–Kier alpha value is -1.31. The first-order chi connectivity index (χ1) is 5.24. The van der Waals surface area contributed by atoms with Crippen molar-refractivity contribution in [3.05, 3.63) is 42.3 Å². The largest absolute Gasteiger partial charge is 0.478 e. The average molecular weight is 148 g/mol. The lowest BCUT2D eigenvalue weighted by Gasteiger charge is -1.95. The van der Waals surface area contributed by atoms with Crippen LogP contribution in [-0.4, -0.2) is 11.1 Å². The van der Waals surface area contributed by atoms with Crippen molar-refractivity contribution in [3.63, 3.8) is 0 Å². The summed E-state index contributed by atoms with van der Waals surface area (Å²) < 4.78 is 0. The van der Waals surface area contributed by atoms with Gasteiger partial charge in [0.15, 0.2) is 0 Å². The molecule has 0 aliphatic rings. The minimum absolute atomic E-state index is 0.294. The van der Waals surface area contributed by atoms with Gasteiger partial charge in [-0.25, -0.2) is 4.79 Å². The summed E-state index contributed by atoms with van der Waals surface area (Å²) in [5, 5.41) is 8.52. The van der Waals surface area contributed by atoms with E-state index in [2.05, 4.69) is 0 Å². The second kappa shape index (κ2) is 3.19. The maximum Gasteiger partial charge on any atom is 0.335 e. The van der Waals surface area contributed by atoms with E-state index in [0.29, 0.717) is 12.0 Å². The van der Waals surface area contributed by atoms with Gasteiger partial charge in [0.05, 0.1) is 5.56 Å². The number of rotatable bonds is 2. The summed E-state index contributed by atoms with van der Waals surface area (Å²) in [6, 6.07) is 6.52. The van der Waals surface area contributed by atoms with E-state index >= 15 is 0 Å². The molecule has 0 atom stereocenters. The van der Waals surface area contributed by atoms with Crippen LogP contribution in [-0.2, 0) is 6.42 Å². The molecule has 2 heteroatoms. The van der Waals surface area contributed by atoms with Crippen molar-refractivity contribution in [2.45, 2.75) is 6.42 Å². The van der Waals surface area contributed by atoms with Crippen LogP contribution in [0.1, 0.15) is 15.9 Å². The molecular weight excluding hydrogens is 140 g/mol. The van der Waals surface area contributed by atoms with Crippen molar-refractivity contribution in [3.8, 4) is 0 Å². The lowest BCUT2D eigenvalue weighted by atomic mass is 10.1. The minimum Gasteiger partial charge on any atom is -0.478 e. The number of hydrogen-bond acceptors (Lipinski definition) is 1. The fraction of sp³-hybridized carbons (Fsp3) is 0.111. The zero-order chi connectivity index (χ0) is 8.27. The minimum atomic E-state index is -0.909. The lowest BCUT2D eigenvalue weighted by molar-refractivity contribution is 0.0697. The molecule has 0 unspecified atom stereocenters. The molecule has 0 aliphatic carbocycles. The maximum absolute atomic E-state index is 10.4. The summed E-state index contributed by atoms with van der Waals surface area (Å²) in [6.07, 6.45) is 0.444. The Morgan fingerprint density at radius 1 is 1.36 bits per heavy atom. The highest BCUT2D eigenvalue weighted by Gasteiger charge is 1.99. The summed E-state index contributed by atoms with van der Waals surface area (Å²) >= 11 is 0. The normalized spacial score (nSPS) is 9.55. The number of benzene rings is 1. The highest BCUT2D eigenvalue weighted by molar-refractivity contribution is 5.87. The van der Waals surface area contributed by atoms with Gasteiger partial charge in [0.2, 0.25) is 0 Å². The highest BCUT2D eigenvalue weighted by Crippen LogP contribution is 2.04. The first kappa shape index (κ1) is 7.79. The van der Waals surface area contributed by atoms with Crippen molar-refractivity contribution in [2.75, 3.05) is 0 Å². The highest BCUT2D eigenvalue weighted by atomic mass is 16.4. The third-order valence-corrected chi connectivity index (χ3v) is 1.44. The molecular formula is C9H8O2. The molecule has 56 valence electrons. The third-order valence-electron chi connectivity index (χ3n) is 1.44. The lowest BCUT2D eigenvalue weighted by Crippen LogP contribution is -1.95. The fourth-order valence-electron chi connectivity index (χ4n) is 0.783. The van der Waals surface area contributed by atoms with E-state index in [9.17, 15) is 4.79 Å². The van der Waals surface area contributed by atoms with Gasteiger partial charge >= 0.3 is 5.97 Å². The quantitative estimate of drug-likeness (QED) is 0.692. The summed E-state index contributed by atoms with van der Waals surface area (Å²) in [5.74, 6) is -0.909.